The number of alkyl halides is 3. The van der Waals surface area contributed by atoms with Crippen LogP contribution in [-0.4, -0.2) is 28.3 Å². The molecular formula is C18H20F3N3O2S. The predicted molar refractivity (Wildman–Crippen MR) is 94.3 cm³/mol. The van der Waals surface area contributed by atoms with Gasteiger partial charge < -0.3 is 9.84 Å². The lowest BCUT2D eigenvalue weighted by atomic mass is 9.85. The number of hydrogen-bond acceptors (Lipinski definition) is 5. The van der Waals surface area contributed by atoms with Gasteiger partial charge in [0.1, 0.15) is 10.8 Å². The molecule has 0 aromatic carbocycles. The minimum atomic E-state index is -4.21. The molecule has 2 heterocycles. The number of pyridine rings is 1. The van der Waals surface area contributed by atoms with E-state index in [0.29, 0.717) is 34.9 Å². The molecule has 27 heavy (non-hydrogen) atoms. The Labute approximate surface area is 159 Å². The largest absolute Gasteiger partial charge is 0.391 e. The zero-order chi connectivity index (χ0) is 19.4. The van der Waals surface area contributed by atoms with E-state index in [1.54, 1.807) is 31.3 Å². The molecule has 1 aliphatic carbocycles. The van der Waals surface area contributed by atoms with Gasteiger partial charge in [0.2, 0.25) is 0 Å². The SMILES string of the molecule is Cc1cc(CSc2ncccc2C(=O)N[C@@H]2CCC[C@H](C(F)(F)F)C2)no1. The van der Waals surface area contributed by atoms with Crippen molar-refractivity contribution >= 4 is 17.7 Å². The Morgan fingerprint density at radius 2 is 2.22 bits per heavy atom. The number of aryl methyl sites for hydroxylation is 1. The van der Waals surface area contributed by atoms with Crippen molar-refractivity contribution in [3.05, 3.63) is 41.4 Å². The first-order valence-corrected chi connectivity index (χ1v) is 9.69. The third kappa shape index (κ3) is 5.24. The topological polar surface area (TPSA) is 68.0 Å². The summed E-state index contributed by atoms with van der Waals surface area (Å²) in [5.74, 6) is -0.570. The number of nitrogens with one attached hydrogen (secondary N) is 1. The highest BCUT2D eigenvalue weighted by molar-refractivity contribution is 7.98. The number of halogens is 3. The number of nitrogens with zero attached hydrogens (tertiary/aromatic N) is 2. The van der Waals surface area contributed by atoms with Crippen molar-refractivity contribution < 1.29 is 22.5 Å². The molecular weight excluding hydrogens is 379 g/mol. The summed E-state index contributed by atoms with van der Waals surface area (Å²) in [7, 11) is 0. The van der Waals surface area contributed by atoms with Crippen molar-refractivity contribution in [3.63, 3.8) is 0 Å². The van der Waals surface area contributed by atoms with Crippen molar-refractivity contribution in [2.45, 2.75) is 55.6 Å². The number of hydrogen-bond donors (Lipinski definition) is 1. The van der Waals surface area contributed by atoms with Crippen LogP contribution >= 0.6 is 11.8 Å². The summed E-state index contributed by atoms with van der Waals surface area (Å²) >= 11 is 1.33. The predicted octanol–water partition coefficient (Wildman–Crippen LogP) is 4.52. The zero-order valence-electron chi connectivity index (χ0n) is 14.8. The van der Waals surface area contributed by atoms with Crippen LogP contribution < -0.4 is 5.32 Å². The minimum absolute atomic E-state index is 0.0732. The Morgan fingerprint density at radius 1 is 1.41 bits per heavy atom. The number of aromatic nitrogens is 2. The summed E-state index contributed by atoms with van der Waals surface area (Å²) in [4.78, 5) is 16.9. The third-order valence-corrected chi connectivity index (χ3v) is 5.56. The van der Waals surface area contributed by atoms with Gasteiger partial charge in [-0.15, -0.1) is 0 Å². The Kier molecular flexibility index (Phi) is 6.08. The molecule has 5 nitrogen and oxygen atoms in total. The van der Waals surface area contributed by atoms with Crippen LogP contribution in [0.2, 0.25) is 0 Å². The molecule has 9 heteroatoms. The van der Waals surface area contributed by atoms with Gasteiger partial charge in [-0.2, -0.15) is 13.2 Å². The smallest absolute Gasteiger partial charge is 0.361 e. The van der Waals surface area contributed by atoms with Crippen LogP contribution in [0.25, 0.3) is 0 Å². The molecule has 3 rings (SSSR count). The van der Waals surface area contributed by atoms with E-state index in [4.69, 9.17) is 4.52 Å². The summed E-state index contributed by atoms with van der Waals surface area (Å²) in [5, 5.41) is 7.17. The van der Waals surface area contributed by atoms with Crippen LogP contribution in [0.4, 0.5) is 13.2 Å². The fourth-order valence-electron chi connectivity index (χ4n) is 3.19. The number of thioether (sulfide) groups is 1. The molecule has 0 saturated heterocycles. The first-order chi connectivity index (χ1) is 12.8. The van der Waals surface area contributed by atoms with Gasteiger partial charge in [0, 0.05) is 24.1 Å². The Bertz CT molecular complexity index is 794. The molecule has 146 valence electrons. The number of amides is 1. The maximum Gasteiger partial charge on any atom is 0.391 e. The van der Waals surface area contributed by atoms with E-state index in [9.17, 15) is 18.0 Å². The van der Waals surface area contributed by atoms with Gasteiger partial charge in [-0.3, -0.25) is 4.79 Å². The lowest BCUT2D eigenvalue weighted by molar-refractivity contribution is -0.183. The first kappa shape index (κ1) is 19.7. The Morgan fingerprint density at radius 3 is 2.93 bits per heavy atom. The lowest BCUT2D eigenvalue weighted by Gasteiger charge is -2.31. The van der Waals surface area contributed by atoms with E-state index in [1.807, 2.05) is 0 Å². The molecule has 1 fully saturated rings. The molecule has 0 unspecified atom stereocenters. The van der Waals surface area contributed by atoms with E-state index < -0.39 is 24.0 Å². The van der Waals surface area contributed by atoms with Crippen molar-refractivity contribution in [2.75, 3.05) is 0 Å². The van der Waals surface area contributed by atoms with Crippen molar-refractivity contribution in [3.8, 4) is 0 Å². The average Bonchev–Trinajstić information content (AvgIpc) is 3.05. The molecule has 1 amide bonds. The van der Waals surface area contributed by atoms with Crippen LogP contribution in [0, 0.1) is 12.8 Å². The highest BCUT2D eigenvalue weighted by Gasteiger charge is 2.42. The van der Waals surface area contributed by atoms with Gasteiger partial charge in [-0.05, 0) is 38.3 Å². The summed E-state index contributed by atoms with van der Waals surface area (Å²) in [6, 6.07) is 4.59. The van der Waals surface area contributed by atoms with E-state index in [-0.39, 0.29) is 12.8 Å². The van der Waals surface area contributed by atoms with Gasteiger partial charge in [0.15, 0.2) is 0 Å². The van der Waals surface area contributed by atoms with E-state index in [1.165, 1.54) is 11.8 Å². The molecule has 2 atom stereocenters. The first-order valence-electron chi connectivity index (χ1n) is 8.70. The molecule has 0 radical (unpaired) electrons. The van der Waals surface area contributed by atoms with Crippen molar-refractivity contribution in [1.82, 2.24) is 15.5 Å². The third-order valence-electron chi connectivity index (χ3n) is 4.52. The number of carbonyl (C=O) groups is 1. The zero-order valence-corrected chi connectivity index (χ0v) is 15.6. The second-order valence-electron chi connectivity index (χ2n) is 6.65. The monoisotopic (exact) mass is 399 g/mol. The van der Waals surface area contributed by atoms with Gasteiger partial charge in [-0.25, -0.2) is 4.98 Å². The molecule has 2 aromatic heterocycles. The van der Waals surface area contributed by atoms with Crippen LogP contribution in [0.5, 0.6) is 0 Å². The Hall–Kier alpha value is -2.03. The summed E-state index contributed by atoms with van der Waals surface area (Å²) in [5.41, 5.74) is 1.09. The quantitative estimate of drug-likeness (QED) is 0.749. The van der Waals surface area contributed by atoms with E-state index in [2.05, 4.69) is 15.5 Å². The maximum atomic E-state index is 13.0. The molecule has 0 aliphatic heterocycles. The normalized spacial score (nSPS) is 20.4. The van der Waals surface area contributed by atoms with E-state index in [0.717, 1.165) is 5.69 Å². The minimum Gasteiger partial charge on any atom is -0.361 e. The van der Waals surface area contributed by atoms with Gasteiger partial charge in [0.05, 0.1) is 17.2 Å². The van der Waals surface area contributed by atoms with E-state index >= 15 is 0 Å². The average molecular weight is 399 g/mol. The van der Waals surface area contributed by atoms with Gasteiger partial charge >= 0.3 is 6.18 Å². The molecule has 2 aromatic rings. The molecule has 1 saturated carbocycles. The highest BCUT2D eigenvalue weighted by Crippen LogP contribution is 2.37. The van der Waals surface area contributed by atoms with Crippen LogP contribution in [0.15, 0.2) is 33.9 Å². The molecule has 1 N–H and O–H groups in total. The fourth-order valence-corrected chi connectivity index (χ4v) is 4.06. The van der Waals surface area contributed by atoms with Crippen molar-refractivity contribution in [2.24, 2.45) is 5.92 Å². The molecule has 1 aliphatic rings. The highest BCUT2D eigenvalue weighted by atomic mass is 32.2. The number of carbonyl (C=O) groups excluding carboxylic acids is 1. The summed E-state index contributed by atoms with van der Waals surface area (Å²) in [6.45, 7) is 1.79. The fraction of sp³-hybridized carbons (Fsp3) is 0.500. The van der Waals surface area contributed by atoms with Crippen LogP contribution in [0.1, 0.15) is 47.5 Å². The summed E-state index contributed by atoms with van der Waals surface area (Å²) in [6.07, 6.45) is -1.58. The lowest BCUT2D eigenvalue weighted by Crippen LogP contribution is -2.41. The summed E-state index contributed by atoms with van der Waals surface area (Å²) < 4.78 is 43.9. The second-order valence-corrected chi connectivity index (χ2v) is 7.61. The second kappa shape index (κ2) is 8.33. The number of rotatable bonds is 5. The maximum absolute atomic E-state index is 13.0. The van der Waals surface area contributed by atoms with Crippen LogP contribution in [-0.2, 0) is 5.75 Å². The molecule has 0 spiro atoms. The van der Waals surface area contributed by atoms with Crippen LogP contribution in [0.3, 0.4) is 0 Å². The molecule has 0 bridgehead atoms. The van der Waals surface area contributed by atoms with Crippen molar-refractivity contribution in [1.29, 1.82) is 0 Å². The van der Waals surface area contributed by atoms with Gasteiger partial charge in [-0.1, -0.05) is 23.3 Å². The standard InChI is InChI=1S/C18H20F3N3O2S/c1-11-8-14(24-26-11)10-27-17-15(6-3-7-22-17)16(25)23-13-5-2-4-12(9-13)18(19,20)21/h3,6-8,12-13H,2,4-5,9-10H2,1H3,(H,23,25)/t12-,13+/m0/s1. The Balaban J connectivity index is 1.64. The van der Waals surface area contributed by atoms with Gasteiger partial charge in [0.25, 0.3) is 5.91 Å².